The zero-order valence-electron chi connectivity index (χ0n) is 18.2. The summed E-state index contributed by atoms with van der Waals surface area (Å²) in [6, 6.07) is 18.3. The maximum absolute atomic E-state index is 13.8. The molecule has 3 aromatic carbocycles. The number of carboxylic acid groups (broad SMARTS) is 1. The molecule has 4 nitrogen and oxygen atoms in total. The molecule has 6 heteroatoms. The third-order valence-electron chi connectivity index (χ3n) is 5.56. The molecule has 0 saturated carbocycles. The first-order chi connectivity index (χ1) is 15.9. The van der Waals surface area contributed by atoms with Gasteiger partial charge in [-0.3, -0.25) is 4.68 Å². The van der Waals surface area contributed by atoms with Gasteiger partial charge in [-0.2, -0.15) is 5.10 Å². The van der Waals surface area contributed by atoms with Crippen molar-refractivity contribution < 1.29 is 14.3 Å². The molecule has 0 aliphatic rings. The van der Waals surface area contributed by atoms with Gasteiger partial charge in [-0.25, -0.2) is 9.18 Å². The fourth-order valence-electron chi connectivity index (χ4n) is 4.00. The molecule has 0 fully saturated rings. The SMILES string of the molecule is CCC(=C(c1ccc(C=CC(=O)O)cc1)c1ccc2c(cnn2C)c1)c1ccc(F)cc1Cl. The molecule has 33 heavy (non-hydrogen) atoms. The van der Waals surface area contributed by atoms with Gasteiger partial charge in [0, 0.05) is 18.5 Å². The molecule has 0 unspecified atom stereocenters. The summed E-state index contributed by atoms with van der Waals surface area (Å²) in [4.78, 5) is 10.8. The van der Waals surface area contributed by atoms with Gasteiger partial charge in [0.05, 0.1) is 16.7 Å². The highest BCUT2D eigenvalue weighted by molar-refractivity contribution is 6.32. The Bertz CT molecular complexity index is 1400. The Balaban J connectivity index is 1.94. The lowest BCUT2D eigenvalue weighted by molar-refractivity contribution is -0.131. The molecule has 0 aliphatic carbocycles. The van der Waals surface area contributed by atoms with Gasteiger partial charge in [-0.05, 0) is 70.2 Å². The average molecular weight is 461 g/mol. The molecule has 0 radical (unpaired) electrons. The molecule has 0 atom stereocenters. The van der Waals surface area contributed by atoms with Crippen LogP contribution in [0.2, 0.25) is 5.02 Å². The average Bonchev–Trinajstić information content (AvgIpc) is 3.17. The van der Waals surface area contributed by atoms with Crippen molar-refractivity contribution in [3.8, 4) is 0 Å². The van der Waals surface area contributed by atoms with Crippen LogP contribution in [0, 0.1) is 5.82 Å². The number of carboxylic acids is 1. The van der Waals surface area contributed by atoms with E-state index in [9.17, 15) is 9.18 Å². The van der Waals surface area contributed by atoms with Gasteiger partial charge in [0.2, 0.25) is 0 Å². The van der Waals surface area contributed by atoms with Crippen molar-refractivity contribution in [2.45, 2.75) is 13.3 Å². The van der Waals surface area contributed by atoms with E-state index in [4.69, 9.17) is 16.7 Å². The second-order valence-electron chi connectivity index (χ2n) is 7.67. The Labute approximate surface area is 196 Å². The summed E-state index contributed by atoms with van der Waals surface area (Å²) in [7, 11) is 1.90. The second-order valence-corrected chi connectivity index (χ2v) is 8.07. The van der Waals surface area contributed by atoms with Crippen molar-refractivity contribution >= 4 is 45.7 Å². The van der Waals surface area contributed by atoms with E-state index in [1.165, 1.54) is 12.1 Å². The number of aliphatic carboxylic acids is 1. The number of aryl methyl sites for hydroxylation is 1. The molecule has 1 N–H and O–H groups in total. The van der Waals surface area contributed by atoms with Crippen molar-refractivity contribution in [1.29, 1.82) is 0 Å². The largest absolute Gasteiger partial charge is 0.478 e. The lowest BCUT2D eigenvalue weighted by Gasteiger charge is -2.18. The molecule has 0 aliphatic heterocycles. The Morgan fingerprint density at radius 2 is 1.82 bits per heavy atom. The van der Waals surface area contributed by atoms with Crippen LogP contribution in [0.25, 0.3) is 28.1 Å². The van der Waals surface area contributed by atoms with E-state index in [-0.39, 0.29) is 5.82 Å². The molecule has 4 rings (SSSR count). The van der Waals surface area contributed by atoms with Crippen molar-refractivity contribution in [1.82, 2.24) is 9.78 Å². The molecular weight excluding hydrogens is 439 g/mol. The minimum atomic E-state index is -0.997. The number of allylic oxidation sites excluding steroid dienone is 1. The summed E-state index contributed by atoms with van der Waals surface area (Å²) in [5, 5.41) is 14.6. The third-order valence-corrected chi connectivity index (χ3v) is 5.88. The first-order valence-corrected chi connectivity index (χ1v) is 10.9. The van der Waals surface area contributed by atoms with Gasteiger partial charge < -0.3 is 5.11 Å². The number of carbonyl (C=O) groups is 1. The van der Waals surface area contributed by atoms with Gasteiger partial charge >= 0.3 is 5.97 Å². The minimum Gasteiger partial charge on any atom is -0.478 e. The highest BCUT2D eigenvalue weighted by atomic mass is 35.5. The maximum Gasteiger partial charge on any atom is 0.328 e. The molecule has 1 heterocycles. The number of fused-ring (bicyclic) bond motifs is 1. The van der Waals surface area contributed by atoms with Crippen molar-refractivity contribution in [2.24, 2.45) is 7.05 Å². The van der Waals surface area contributed by atoms with Crippen molar-refractivity contribution in [3.05, 3.63) is 106 Å². The van der Waals surface area contributed by atoms with Crippen LogP contribution in [0.1, 0.15) is 35.6 Å². The van der Waals surface area contributed by atoms with Crippen LogP contribution in [0.5, 0.6) is 0 Å². The van der Waals surface area contributed by atoms with E-state index < -0.39 is 5.97 Å². The highest BCUT2D eigenvalue weighted by Gasteiger charge is 2.16. The van der Waals surface area contributed by atoms with Gasteiger partial charge in [-0.1, -0.05) is 54.9 Å². The third kappa shape index (κ3) is 4.73. The van der Waals surface area contributed by atoms with E-state index >= 15 is 0 Å². The first-order valence-electron chi connectivity index (χ1n) is 10.5. The summed E-state index contributed by atoms with van der Waals surface area (Å²) in [6.07, 6.45) is 5.16. The van der Waals surface area contributed by atoms with E-state index in [1.807, 2.05) is 61.2 Å². The highest BCUT2D eigenvalue weighted by Crippen LogP contribution is 2.38. The van der Waals surface area contributed by atoms with Crippen LogP contribution in [-0.4, -0.2) is 20.9 Å². The molecule has 0 bridgehead atoms. The smallest absolute Gasteiger partial charge is 0.328 e. The number of nitrogens with zero attached hydrogens (tertiary/aromatic N) is 2. The molecule has 0 saturated heterocycles. The van der Waals surface area contributed by atoms with Crippen LogP contribution in [-0.2, 0) is 11.8 Å². The molecule has 0 spiro atoms. The topological polar surface area (TPSA) is 55.1 Å². The molecule has 1 aromatic heterocycles. The Hall–Kier alpha value is -3.70. The van der Waals surface area contributed by atoms with Crippen LogP contribution in [0.4, 0.5) is 4.39 Å². The first kappa shape index (κ1) is 22.5. The van der Waals surface area contributed by atoms with Crippen LogP contribution in [0.3, 0.4) is 0 Å². The van der Waals surface area contributed by atoms with Gasteiger partial charge in [-0.15, -0.1) is 0 Å². The number of aromatic nitrogens is 2. The molecular formula is C27H22ClFN2O2. The number of halogens is 2. The van der Waals surface area contributed by atoms with Gasteiger partial charge in [0.25, 0.3) is 0 Å². The summed E-state index contributed by atoms with van der Waals surface area (Å²) in [5.41, 5.74) is 6.47. The van der Waals surface area contributed by atoms with E-state index in [0.29, 0.717) is 11.4 Å². The number of benzene rings is 3. The van der Waals surface area contributed by atoms with E-state index in [1.54, 1.807) is 12.1 Å². The molecule has 0 amide bonds. The summed E-state index contributed by atoms with van der Waals surface area (Å²) in [5.74, 6) is -1.38. The number of rotatable bonds is 6. The predicted octanol–water partition coefficient (Wildman–Crippen LogP) is 6.83. The summed E-state index contributed by atoms with van der Waals surface area (Å²) in [6.45, 7) is 2.04. The zero-order chi connectivity index (χ0) is 23.5. The number of hydrogen-bond donors (Lipinski definition) is 1. The molecule has 166 valence electrons. The molecule has 4 aromatic rings. The minimum absolute atomic E-state index is 0.354. The van der Waals surface area contributed by atoms with E-state index in [0.717, 1.165) is 50.4 Å². The van der Waals surface area contributed by atoms with Crippen molar-refractivity contribution in [2.75, 3.05) is 0 Å². The van der Waals surface area contributed by atoms with Crippen LogP contribution < -0.4 is 0 Å². The Morgan fingerprint density at radius 1 is 1.09 bits per heavy atom. The van der Waals surface area contributed by atoms with Crippen LogP contribution >= 0.6 is 11.6 Å². The van der Waals surface area contributed by atoms with Gasteiger partial charge in [0.15, 0.2) is 0 Å². The lowest BCUT2D eigenvalue weighted by Crippen LogP contribution is -1.97. The quantitative estimate of drug-likeness (QED) is 0.253. The Kier molecular flexibility index (Phi) is 6.43. The van der Waals surface area contributed by atoms with E-state index in [2.05, 4.69) is 11.2 Å². The maximum atomic E-state index is 13.8. The second kappa shape index (κ2) is 9.43. The summed E-state index contributed by atoms with van der Waals surface area (Å²) < 4.78 is 15.6. The summed E-state index contributed by atoms with van der Waals surface area (Å²) >= 11 is 6.46. The lowest BCUT2D eigenvalue weighted by atomic mass is 9.87. The fourth-order valence-corrected chi connectivity index (χ4v) is 4.28. The fraction of sp³-hybridized carbons (Fsp3) is 0.111. The van der Waals surface area contributed by atoms with Gasteiger partial charge in [0.1, 0.15) is 5.82 Å². The standard InChI is InChI=1S/C27H22ClFN2O2/c1-3-22(23-11-10-21(29)15-24(23)28)27(18-7-4-17(5-8-18)6-13-26(32)33)19-9-12-25-20(14-19)16-30-31(25)2/h4-16H,3H2,1-2H3,(H,32,33). The van der Waals surface area contributed by atoms with Crippen LogP contribution in [0.15, 0.2) is 72.9 Å². The predicted molar refractivity (Wildman–Crippen MR) is 131 cm³/mol. The van der Waals surface area contributed by atoms with Crippen molar-refractivity contribution in [3.63, 3.8) is 0 Å². The Morgan fingerprint density at radius 3 is 2.48 bits per heavy atom. The monoisotopic (exact) mass is 460 g/mol. The normalized spacial score (nSPS) is 12.4. The zero-order valence-corrected chi connectivity index (χ0v) is 19.0. The number of hydrogen-bond acceptors (Lipinski definition) is 2.